The van der Waals surface area contributed by atoms with E-state index in [1.165, 1.54) is 0 Å². The lowest BCUT2D eigenvalue weighted by Gasteiger charge is -1.79. The van der Waals surface area contributed by atoms with Crippen LogP contribution in [0.4, 0.5) is 0 Å². The lowest BCUT2D eigenvalue weighted by atomic mass is 10.5. The Morgan fingerprint density at radius 3 is 0.789 bits per heavy atom. The fraction of sp³-hybridized carbons (Fsp3) is 0.667. The summed E-state index contributed by atoms with van der Waals surface area (Å²) < 4.78 is 0. The van der Waals surface area contributed by atoms with E-state index in [0.29, 0.717) is 18.5 Å². The lowest BCUT2D eigenvalue weighted by Crippen LogP contribution is -1.92. The van der Waals surface area contributed by atoms with Crippen molar-refractivity contribution in [1.82, 2.24) is 0 Å². The molecule has 19 heavy (non-hydrogen) atoms. The Bertz CT molecular complexity index is 202. The van der Waals surface area contributed by atoms with Crippen molar-refractivity contribution in [3.63, 3.8) is 0 Å². The second-order valence-corrected chi connectivity index (χ2v) is 4.53. The smallest absolute Gasteiger partial charge is 0.303 e. The molecule has 3 atom stereocenters. The molecule has 0 aliphatic carbocycles. The first-order valence-electron chi connectivity index (χ1n) is 5.07. The van der Waals surface area contributed by atoms with Crippen LogP contribution in [0.2, 0.25) is 0 Å². The molecule has 10 heteroatoms. The van der Waals surface area contributed by atoms with Crippen LogP contribution >= 0.6 is 40.1 Å². The predicted molar refractivity (Wildman–Crippen MR) is 87.7 cm³/mol. The minimum atomic E-state index is -0.731. The van der Waals surface area contributed by atoms with E-state index in [2.05, 4.69) is 27.7 Å². The van der Waals surface area contributed by atoms with Crippen LogP contribution in [0.1, 0.15) is 19.3 Å². The zero-order valence-corrected chi connectivity index (χ0v) is 14.7. The first-order chi connectivity index (χ1) is 8.31. The number of hydrogen-bond donors (Lipinski definition) is 3. The first kappa shape index (κ1) is 27.4. The molecule has 0 spiro atoms. The van der Waals surface area contributed by atoms with Crippen molar-refractivity contribution in [3.05, 3.63) is 0 Å². The fourth-order valence-corrected chi connectivity index (χ4v) is 1.11. The molecular weight excluding hydrogens is 332 g/mol. The highest BCUT2D eigenvalue weighted by molar-refractivity contribution is 7.16. The highest BCUT2D eigenvalue weighted by atomic mass is 35.5. The summed E-state index contributed by atoms with van der Waals surface area (Å²) in [5.41, 5.74) is 0. The molecule has 0 aliphatic heterocycles. The van der Waals surface area contributed by atoms with Crippen molar-refractivity contribution in [2.75, 3.05) is 18.5 Å². The molecule has 3 N–H and O–H groups in total. The molecule has 0 aromatic heterocycles. The van der Waals surface area contributed by atoms with E-state index in [0.717, 1.165) is 0 Å². The van der Waals surface area contributed by atoms with Crippen LogP contribution in [-0.4, -0.2) is 51.7 Å². The third-order valence-corrected chi connectivity index (χ3v) is 1.94. The Labute approximate surface area is 126 Å². The predicted octanol–water partition coefficient (Wildman–Crippen LogP) is 1.43. The van der Waals surface area contributed by atoms with Crippen molar-refractivity contribution < 1.29 is 29.7 Å². The van der Waals surface area contributed by atoms with Gasteiger partial charge in [-0.05, 0) is 18.5 Å². The summed E-state index contributed by atoms with van der Waals surface area (Å²) in [5, 5.41) is 23.7. The van der Waals surface area contributed by atoms with Crippen LogP contribution in [-0.2, 0) is 14.4 Å². The molecule has 0 amide bonds. The van der Waals surface area contributed by atoms with Crippen LogP contribution in [0.25, 0.3) is 0 Å². The van der Waals surface area contributed by atoms with Gasteiger partial charge in [-0.3, -0.25) is 14.4 Å². The standard InChI is InChI=1S/3C3H7O2P.ClH/c3*4-3(5)1-2-6;/h3*1-2,6H2,(H,4,5);1H. The van der Waals surface area contributed by atoms with Gasteiger partial charge in [-0.25, -0.2) is 0 Å². The zero-order valence-electron chi connectivity index (χ0n) is 10.4. The molecule has 0 saturated carbocycles. The number of aliphatic carboxylic acids is 3. The van der Waals surface area contributed by atoms with E-state index in [1.54, 1.807) is 0 Å². The third-order valence-electron chi connectivity index (χ3n) is 1.07. The van der Waals surface area contributed by atoms with Gasteiger partial charge in [0.25, 0.3) is 0 Å². The van der Waals surface area contributed by atoms with E-state index in [-0.39, 0.29) is 31.7 Å². The van der Waals surface area contributed by atoms with Crippen molar-refractivity contribution in [2.24, 2.45) is 0 Å². The number of carboxylic acid groups (broad SMARTS) is 3. The summed E-state index contributed by atoms with van der Waals surface area (Å²) in [4.78, 5) is 28.8. The molecular formula is C9H22ClO6P3. The average Bonchev–Trinajstić information content (AvgIpc) is 2.18. The number of hydrogen-bond acceptors (Lipinski definition) is 3. The van der Waals surface area contributed by atoms with Gasteiger partial charge < -0.3 is 15.3 Å². The van der Waals surface area contributed by atoms with Gasteiger partial charge in [0.15, 0.2) is 0 Å². The van der Waals surface area contributed by atoms with Crippen molar-refractivity contribution in [2.45, 2.75) is 19.3 Å². The van der Waals surface area contributed by atoms with Crippen LogP contribution in [0, 0.1) is 0 Å². The Balaban J connectivity index is -0.0000000865. The fourth-order valence-electron chi connectivity index (χ4n) is 0.370. The molecule has 0 saturated heterocycles. The molecule has 3 unspecified atom stereocenters. The van der Waals surface area contributed by atoms with Gasteiger partial charge in [-0.1, -0.05) is 0 Å². The number of halogens is 1. The summed E-state index contributed by atoms with van der Waals surface area (Å²) in [6.07, 6.45) is 2.71. The Kier molecular flexibility index (Phi) is 33.3. The summed E-state index contributed by atoms with van der Waals surface area (Å²) in [6, 6.07) is 0. The molecule has 0 aliphatic rings. The second kappa shape index (κ2) is 23.1. The SMILES string of the molecule is Cl.O=C(O)CCP.O=C(O)CCP.O=C(O)CCP. The minimum absolute atomic E-state index is 0. The van der Waals surface area contributed by atoms with Gasteiger partial charge in [0, 0.05) is 19.3 Å². The van der Waals surface area contributed by atoms with E-state index >= 15 is 0 Å². The molecule has 0 rings (SSSR count). The largest absolute Gasteiger partial charge is 0.481 e. The minimum Gasteiger partial charge on any atom is -0.481 e. The zero-order chi connectivity index (χ0) is 15.0. The summed E-state index contributed by atoms with van der Waals surface area (Å²) >= 11 is 0. The van der Waals surface area contributed by atoms with Gasteiger partial charge in [0.1, 0.15) is 0 Å². The van der Waals surface area contributed by atoms with Crippen LogP contribution in [0.15, 0.2) is 0 Å². The summed E-state index contributed by atoms with van der Waals surface area (Å²) in [7, 11) is 7.03. The quantitative estimate of drug-likeness (QED) is 0.622. The van der Waals surface area contributed by atoms with Gasteiger partial charge in [-0.15, -0.1) is 40.1 Å². The number of carboxylic acids is 3. The van der Waals surface area contributed by atoms with Crippen molar-refractivity contribution in [3.8, 4) is 0 Å². The topological polar surface area (TPSA) is 112 Å². The number of rotatable bonds is 6. The maximum absolute atomic E-state index is 9.59. The monoisotopic (exact) mass is 354 g/mol. The molecule has 0 radical (unpaired) electrons. The Morgan fingerprint density at radius 2 is 0.789 bits per heavy atom. The maximum atomic E-state index is 9.59. The highest BCUT2D eigenvalue weighted by Gasteiger charge is 1.88. The number of carbonyl (C=O) groups is 3. The van der Waals surface area contributed by atoms with Gasteiger partial charge in [-0.2, -0.15) is 0 Å². The molecule has 0 aromatic rings. The molecule has 0 bridgehead atoms. The summed E-state index contributed by atoms with van der Waals surface area (Å²) in [6.45, 7) is 0. The average molecular weight is 355 g/mol. The lowest BCUT2D eigenvalue weighted by molar-refractivity contribution is -0.137. The van der Waals surface area contributed by atoms with Crippen LogP contribution < -0.4 is 0 Å². The van der Waals surface area contributed by atoms with Gasteiger partial charge in [0.05, 0.1) is 0 Å². The van der Waals surface area contributed by atoms with E-state index in [4.69, 9.17) is 15.3 Å². The highest BCUT2D eigenvalue weighted by Crippen LogP contribution is 1.85. The van der Waals surface area contributed by atoms with Crippen molar-refractivity contribution in [1.29, 1.82) is 0 Å². The second-order valence-electron chi connectivity index (χ2n) is 2.80. The molecule has 116 valence electrons. The third kappa shape index (κ3) is 56.9. The van der Waals surface area contributed by atoms with E-state index in [9.17, 15) is 14.4 Å². The van der Waals surface area contributed by atoms with E-state index < -0.39 is 17.9 Å². The van der Waals surface area contributed by atoms with Gasteiger partial charge >= 0.3 is 17.9 Å². The Hall–Kier alpha value is -0.0100. The summed E-state index contributed by atoms with van der Waals surface area (Å²) in [5.74, 6) is -2.19. The first-order valence-corrected chi connectivity index (χ1v) is 7.52. The van der Waals surface area contributed by atoms with Crippen LogP contribution in [0.3, 0.4) is 0 Å². The van der Waals surface area contributed by atoms with Gasteiger partial charge in [0.2, 0.25) is 0 Å². The molecule has 0 fully saturated rings. The molecule has 0 aromatic carbocycles. The van der Waals surface area contributed by atoms with Crippen molar-refractivity contribution >= 4 is 58.0 Å². The Morgan fingerprint density at radius 1 is 0.632 bits per heavy atom. The normalized spacial score (nSPS) is 7.74. The van der Waals surface area contributed by atoms with E-state index in [1.807, 2.05) is 0 Å². The molecule has 0 heterocycles. The van der Waals surface area contributed by atoms with Crippen LogP contribution in [0.5, 0.6) is 0 Å². The molecule has 6 nitrogen and oxygen atoms in total. The maximum Gasteiger partial charge on any atom is 0.303 e.